The fourth-order valence-electron chi connectivity index (χ4n) is 3.37. The summed E-state index contributed by atoms with van der Waals surface area (Å²) in [6.07, 6.45) is -1.12. The van der Waals surface area contributed by atoms with E-state index < -0.39 is 36.0 Å². The molecule has 0 aromatic heterocycles. The maximum Gasteiger partial charge on any atom is 0.324 e. The van der Waals surface area contributed by atoms with E-state index in [1.165, 1.54) is 0 Å². The van der Waals surface area contributed by atoms with E-state index in [1.54, 1.807) is 13.8 Å². The highest BCUT2D eigenvalue weighted by Crippen LogP contribution is 2.48. The Balaban J connectivity index is 2.07. The zero-order valence-corrected chi connectivity index (χ0v) is 11.2. The molecule has 0 saturated heterocycles. The first-order valence-electron chi connectivity index (χ1n) is 6.74. The van der Waals surface area contributed by atoms with Gasteiger partial charge in [0.25, 0.3) is 5.91 Å². The van der Waals surface area contributed by atoms with E-state index in [0.29, 0.717) is 19.3 Å². The van der Waals surface area contributed by atoms with Gasteiger partial charge in [-0.05, 0) is 31.1 Å². The lowest BCUT2D eigenvalue weighted by Gasteiger charge is -2.35. The highest BCUT2D eigenvalue weighted by Gasteiger charge is 2.59. The molecule has 0 aromatic carbocycles. The fourth-order valence-corrected chi connectivity index (χ4v) is 3.37. The molecule has 1 amide bonds. The van der Waals surface area contributed by atoms with Crippen LogP contribution in [-0.4, -0.2) is 39.8 Å². The number of hydrogen-bond acceptors (Lipinski definition) is 3. The van der Waals surface area contributed by atoms with Gasteiger partial charge in [0.1, 0.15) is 6.10 Å². The van der Waals surface area contributed by atoms with Crippen molar-refractivity contribution in [1.29, 1.82) is 0 Å². The molecule has 0 heterocycles. The molecule has 0 aliphatic heterocycles. The molecule has 4 nitrogen and oxygen atoms in total. The number of halogens is 2. The largest absolute Gasteiger partial charge is 0.390 e. The van der Waals surface area contributed by atoms with Crippen LogP contribution in [0.15, 0.2) is 0 Å². The second-order valence-corrected chi connectivity index (χ2v) is 6.35. The second-order valence-electron chi connectivity index (χ2n) is 6.35. The van der Waals surface area contributed by atoms with Crippen molar-refractivity contribution in [3.8, 4) is 0 Å². The van der Waals surface area contributed by atoms with E-state index in [9.17, 15) is 23.8 Å². The minimum absolute atomic E-state index is 0.103. The minimum atomic E-state index is -3.44. The highest BCUT2D eigenvalue weighted by atomic mass is 19.3. The number of aliphatic hydroxyl groups is 2. The van der Waals surface area contributed by atoms with Crippen molar-refractivity contribution in [2.45, 2.75) is 63.2 Å². The van der Waals surface area contributed by atoms with Crippen LogP contribution in [0.25, 0.3) is 0 Å². The lowest BCUT2D eigenvalue weighted by Crippen LogP contribution is -2.59. The topological polar surface area (TPSA) is 69.6 Å². The molecule has 6 heteroatoms. The van der Waals surface area contributed by atoms with Crippen molar-refractivity contribution in [3.05, 3.63) is 0 Å². The molecule has 3 N–H and O–H groups in total. The summed E-state index contributed by atoms with van der Waals surface area (Å²) in [4.78, 5) is 11.7. The van der Waals surface area contributed by atoms with Crippen LogP contribution in [0, 0.1) is 11.8 Å². The highest BCUT2D eigenvalue weighted by molar-refractivity contribution is 5.84. The number of aliphatic hydroxyl groups excluding tert-OH is 2. The zero-order chi connectivity index (χ0) is 14.4. The minimum Gasteiger partial charge on any atom is -0.390 e. The molecule has 2 fully saturated rings. The maximum atomic E-state index is 13.7. The number of hydrogen-bond donors (Lipinski definition) is 3. The fraction of sp³-hybridized carbons (Fsp3) is 0.923. The molecule has 0 aromatic rings. The van der Waals surface area contributed by atoms with Crippen LogP contribution in [0.4, 0.5) is 8.78 Å². The van der Waals surface area contributed by atoms with Crippen molar-refractivity contribution < 1.29 is 23.8 Å². The molecule has 0 spiro atoms. The molecular formula is C13H21F2NO3. The third kappa shape index (κ3) is 2.48. The molecule has 110 valence electrons. The van der Waals surface area contributed by atoms with Crippen molar-refractivity contribution in [3.63, 3.8) is 0 Å². The first-order valence-corrected chi connectivity index (χ1v) is 6.74. The lowest BCUT2D eigenvalue weighted by atomic mass is 9.88. The van der Waals surface area contributed by atoms with E-state index in [1.807, 2.05) is 0 Å². The van der Waals surface area contributed by atoms with Crippen LogP contribution in [0.5, 0.6) is 0 Å². The van der Waals surface area contributed by atoms with Crippen LogP contribution >= 0.6 is 0 Å². The number of rotatable bonds is 4. The molecular weight excluding hydrogens is 256 g/mol. The number of nitrogens with one attached hydrogen (secondary N) is 1. The average Bonchev–Trinajstić information content (AvgIpc) is 2.78. The summed E-state index contributed by atoms with van der Waals surface area (Å²) in [5.74, 6) is -5.17. The van der Waals surface area contributed by atoms with Crippen LogP contribution < -0.4 is 5.32 Å². The number of alkyl halides is 2. The summed E-state index contributed by atoms with van der Waals surface area (Å²) in [6.45, 7) is 3.25. The molecule has 2 aliphatic carbocycles. The van der Waals surface area contributed by atoms with Crippen molar-refractivity contribution >= 4 is 5.91 Å². The Morgan fingerprint density at radius 3 is 2.58 bits per heavy atom. The van der Waals surface area contributed by atoms with Gasteiger partial charge in [-0.1, -0.05) is 13.8 Å². The van der Waals surface area contributed by atoms with Gasteiger partial charge in [0.2, 0.25) is 0 Å². The molecule has 0 radical (unpaired) electrons. The van der Waals surface area contributed by atoms with Gasteiger partial charge in [0.15, 0.2) is 0 Å². The van der Waals surface area contributed by atoms with E-state index >= 15 is 0 Å². The van der Waals surface area contributed by atoms with Gasteiger partial charge < -0.3 is 15.5 Å². The van der Waals surface area contributed by atoms with Crippen LogP contribution in [0.1, 0.15) is 39.5 Å². The standard InChI is InChI=1S/C13H21F2NO3/c1-7(2)5-13(14,15)11(19)16-12-4-3-8(6-12)9(17)10(12)18/h7-10,17-18H,3-6H2,1-2H3,(H,16,19)/t8?,9-,10-,12?/m0/s1. The Bertz CT molecular complexity index is 375. The quantitative estimate of drug-likeness (QED) is 0.719. The monoisotopic (exact) mass is 277 g/mol. The molecule has 2 bridgehead atoms. The molecule has 19 heavy (non-hydrogen) atoms. The Labute approximate surface area is 111 Å². The van der Waals surface area contributed by atoms with E-state index in [2.05, 4.69) is 5.32 Å². The summed E-state index contributed by atoms with van der Waals surface area (Å²) >= 11 is 0. The predicted molar refractivity (Wildman–Crippen MR) is 64.6 cm³/mol. The number of carbonyl (C=O) groups excluding carboxylic acids is 1. The predicted octanol–water partition coefficient (Wildman–Crippen LogP) is 1.06. The van der Waals surface area contributed by atoms with Crippen molar-refractivity contribution in [2.75, 3.05) is 0 Å². The third-order valence-electron chi connectivity index (χ3n) is 4.32. The zero-order valence-electron chi connectivity index (χ0n) is 11.2. The molecule has 2 aliphatic rings. The Hall–Kier alpha value is -0.750. The second kappa shape index (κ2) is 4.66. The van der Waals surface area contributed by atoms with Crippen molar-refractivity contribution in [2.24, 2.45) is 11.8 Å². The summed E-state index contributed by atoms with van der Waals surface area (Å²) in [5, 5.41) is 22.0. The van der Waals surface area contributed by atoms with Crippen LogP contribution in [0.3, 0.4) is 0 Å². The third-order valence-corrected chi connectivity index (χ3v) is 4.32. The van der Waals surface area contributed by atoms with Crippen molar-refractivity contribution in [1.82, 2.24) is 5.32 Å². The van der Waals surface area contributed by atoms with Gasteiger partial charge in [0, 0.05) is 6.42 Å². The summed E-state index contributed by atoms with van der Waals surface area (Å²) in [7, 11) is 0. The summed E-state index contributed by atoms with van der Waals surface area (Å²) in [6, 6.07) is 0. The Kier molecular flexibility index (Phi) is 3.60. The lowest BCUT2D eigenvalue weighted by molar-refractivity contribution is -0.152. The molecule has 2 rings (SSSR count). The van der Waals surface area contributed by atoms with Gasteiger partial charge in [0.05, 0.1) is 11.6 Å². The summed E-state index contributed by atoms with van der Waals surface area (Å²) < 4.78 is 27.4. The van der Waals surface area contributed by atoms with Gasteiger partial charge in [-0.15, -0.1) is 0 Å². The van der Waals surface area contributed by atoms with E-state index in [0.717, 1.165) is 0 Å². The number of fused-ring (bicyclic) bond motifs is 2. The molecule has 2 unspecified atom stereocenters. The normalized spacial score (nSPS) is 37.9. The van der Waals surface area contributed by atoms with Gasteiger partial charge >= 0.3 is 5.92 Å². The van der Waals surface area contributed by atoms with Gasteiger partial charge in [-0.2, -0.15) is 8.78 Å². The van der Waals surface area contributed by atoms with E-state index in [-0.39, 0.29) is 11.8 Å². The van der Waals surface area contributed by atoms with Gasteiger partial charge in [-0.25, -0.2) is 0 Å². The van der Waals surface area contributed by atoms with Gasteiger partial charge in [-0.3, -0.25) is 4.79 Å². The maximum absolute atomic E-state index is 13.7. The molecule has 2 saturated carbocycles. The smallest absolute Gasteiger partial charge is 0.324 e. The first-order chi connectivity index (χ1) is 8.68. The van der Waals surface area contributed by atoms with E-state index in [4.69, 9.17) is 0 Å². The number of amides is 1. The number of carbonyl (C=O) groups is 1. The Morgan fingerprint density at radius 1 is 1.47 bits per heavy atom. The summed E-state index contributed by atoms with van der Waals surface area (Å²) in [5.41, 5.74) is -1.07. The van der Waals surface area contributed by atoms with Crippen LogP contribution in [-0.2, 0) is 4.79 Å². The average molecular weight is 277 g/mol. The first kappa shape index (κ1) is 14.7. The Morgan fingerprint density at radius 2 is 2.11 bits per heavy atom. The van der Waals surface area contributed by atoms with Crippen LogP contribution in [0.2, 0.25) is 0 Å². The molecule has 4 atom stereocenters. The SMILES string of the molecule is CC(C)CC(F)(F)C(=O)NC12CCC(C1)[C@H](O)[C@@H]2O.